The predicted octanol–water partition coefficient (Wildman–Crippen LogP) is 2.93. The molecule has 1 atom stereocenters. The van der Waals surface area contributed by atoms with Crippen LogP contribution in [0.1, 0.15) is 32.1 Å². The Morgan fingerprint density at radius 1 is 1.30 bits per heavy atom. The second-order valence-corrected chi connectivity index (χ2v) is 5.27. The third-order valence-corrected chi connectivity index (χ3v) is 3.64. The SMILES string of the molecule is O=C(O)CCCN(CC1CCCCO1)c1ccccc1. The van der Waals surface area contributed by atoms with Crippen LogP contribution in [0.5, 0.6) is 0 Å². The smallest absolute Gasteiger partial charge is 0.303 e. The van der Waals surface area contributed by atoms with Crippen LogP contribution < -0.4 is 4.90 Å². The molecule has 20 heavy (non-hydrogen) atoms. The summed E-state index contributed by atoms with van der Waals surface area (Å²) in [5.74, 6) is -0.730. The molecule has 0 amide bonds. The van der Waals surface area contributed by atoms with E-state index in [1.807, 2.05) is 18.2 Å². The minimum atomic E-state index is -0.730. The maximum Gasteiger partial charge on any atom is 0.303 e. The third-order valence-electron chi connectivity index (χ3n) is 3.64. The second-order valence-electron chi connectivity index (χ2n) is 5.27. The number of carboxylic acid groups (broad SMARTS) is 1. The van der Waals surface area contributed by atoms with Gasteiger partial charge in [-0.3, -0.25) is 4.79 Å². The Hall–Kier alpha value is -1.55. The molecule has 0 spiro atoms. The highest BCUT2D eigenvalue weighted by Crippen LogP contribution is 2.19. The molecule has 1 aliphatic heterocycles. The van der Waals surface area contributed by atoms with Gasteiger partial charge in [0.15, 0.2) is 0 Å². The highest BCUT2D eigenvalue weighted by Gasteiger charge is 2.18. The number of hydrogen-bond donors (Lipinski definition) is 1. The van der Waals surface area contributed by atoms with Crippen LogP contribution in [0.3, 0.4) is 0 Å². The molecular formula is C16H23NO3. The standard InChI is InChI=1S/C16H23NO3/c18-16(19)10-6-11-17(14-7-2-1-3-8-14)13-15-9-4-5-12-20-15/h1-3,7-8,15H,4-6,9-13H2,(H,18,19). The van der Waals surface area contributed by atoms with E-state index in [0.29, 0.717) is 6.42 Å². The molecule has 1 heterocycles. The average molecular weight is 277 g/mol. The van der Waals surface area contributed by atoms with E-state index in [1.54, 1.807) is 0 Å². The molecule has 4 heteroatoms. The van der Waals surface area contributed by atoms with E-state index in [0.717, 1.165) is 38.2 Å². The predicted molar refractivity (Wildman–Crippen MR) is 79.1 cm³/mol. The molecule has 4 nitrogen and oxygen atoms in total. The van der Waals surface area contributed by atoms with Crippen LogP contribution in [0.25, 0.3) is 0 Å². The number of ether oxygens (including phenoxy) is 1. The van der Waals surface area contributed by atoms with Crippen molar-refractivity contribution in [2.24, 2.45) is 0 Å². The van der Waals surface area contributed by atoms with Gasteiger partial charge >= 0.3 is 5.97 Å². The molecule has 1 saturated heterocycles. The topological polar surface area (TPSA) is 49.8 Å². The van der Waals surface area contributed by atoms with Crippen molar-refractivity contribution in [3.8, 4) is 0 Å². The van der Waals surface area contributed by atoms with Gasteiger partial charge in [-0.15, -0.1) is 0 Å². The van der Waals surface area contributed by atoms with Gasteiger partial charge in [-0.1, -0.05) is 18.2 Å². The number of nitrogens with zero attached hydrogens (tertiary/aromatic N) is 1. The van der Waals surface area contributed by atoms with Crippen molar-refractivity contribution < 1.29 is 14.6 Å². The van der Waals surface area contributed by atoms with E-state index >= 15 is 0 Å². The Morgan fingerprint density at radius 3 is 2.75 bits per heavy atom. The zero-order valence-electron chi connectivity index (χ0n) is 11.8. The molecule has 0 bridgehead atoms. The highest BCUT2D eigenvalue weighted by molar-refractivity contribution is 5.66. The zero-order valence-corrected chi connectivity index (χ0v) is 11.8. The van der Waals surface area contributed by atoms with Gasteiger partial charge in [-0.2, -0.15) is 0 Å². The highest BCUT2D eigenvalue weighted by atomic mass is 16.5. The normalized spacial score (nSPS) is 18.7. The third kappa shape index (κ3) is 4.85. The van der Waals surface area contributed by atoms with Crippen LogP contribution in [-0.2, 0) is 9.53 Å². The van der Waals surface area contributed by atoms with E-state index in [2.05, 4.69) is 17.0 Å². The quantitative estimate of drug-likeness (QED) is 0.832. The molecule has 1 unspecified atom stereocenters. The zero-order chi connectivity index (χ0) is 14.2. The molecular weight excluding hydrogens is 254 g/mol. The fourth-order valence-corrected chi connectivity index (χ4v) is 2.58. The van der Waals surface area contributed by atoms with Crippen molar-refractivity contribution in [2.45, 2.75) is 38.2 Å². The summed E-state index contributed by atoms with van der Waals surface area (Å²) in [4.78, 5) is 12.9. The van der Waals surface area contributed by atoms with E-state index in [4.69, 9.17) is 9.84 Å². The molecule has 1 fully saturated rings. The molecule has 2 rings (SSSR count). The summed E-state index contributed by atoms with van der Waals surface area (Å²) >= 11 is 0. The first-order chi connectivity index (χ1) is 9.75. The van der Waals surface area contributed by atoms with Gasteiger partial charge in [-0.25, -0.2) is 0 Å². The number of carbonyl (C=O) groups is 1. The van der Waals surface area contributed by atoms with Gasteiger partial charge in [0.25, 0.3) is 0 Å². The van der Waals surface area contributed by atoms with Gasteiger partial charge in [0.1, 0.15) is 0 Å². The average Bonchev–Trinajstić information content (AvgIpc) is 2.48. The van der Waals surface area contributed by atoms with Crippen molar-refractivity contribution in [2.75, 3.05) is 24.6 Å². The number of aliphatic carboxylic acids is 1. The lowest BCUT2D eigenvalue weighted by Crippen LogP contribution is -2.36. The van der Waals surface area contributed by atoms with Crippen molar-refractivity contribution in [1.82, 2.24) is 0 Å². The number of benzene rings is 1. The number of anilines is 1. The minimum absolute atomic E-state index is 0.217. The number of carboxylic acids is 1. The van der Waals surface area contributed by atoms with E-state index < -0.39 is 5.97 Å². The lowest BCUT2D eigenvalue weighted by atomic mass is 10.1. The van der Waals surface area contributed by atoms with Gasteiger partial charge in [0.2, 0.25) is 0 Å². The summed E-state index contributed by atoms with van der Waals surface area (Å²) in [6.45, 7) is 2.46. The molecule has 0 radical (unpaired) electrons. The van der Waals surface area contributed by atoms with Crippen molar-refractivity contribution in [1.29, 1.82) is 0 Å². The van der Waals surface area contributed by atoms with Gasteiger partial charge in [0, 0.05) is 31.8 Å². The monoisotopic (exact) mass is 277 g/mol. The Bertz CT molecular complexity index is 401. The van der Waals surface area contributed by atoms with Crippen molar-refractivity contribution in [3.63, 3.8) is 0 Å². The molecule has 1 aromatic rings. The van der Waals surface area contributed by atoms with Gasteiger partial charge < -0.3 is 14.7 Å². The van der Waals surface area contributed by atoms with Gasteiger partial charge in [-0.05, 0) is 37.8 Å². The second kappa shape index (κ2) is 7.90. The summed E-state index contributed by atoms with van der Waals surface area (Å²) in [5, 5.41) is 8.78. The lowest BCUT2D eigenvalue weighted by Gasteiger charge is -2.31. The van der Waals surface area contributed by atoms with Crippen LogP contribution in [0.2, 0.25) is 0 Å². The molecule has 1 aliphatic rings. The molecule has 1 aromatic carbocycles. The number of rotatable bonds is 7. The summed E-state index contributed by atoms with van der Waals surface area (Å²) in [6.07, 6.45) is 4.63. The molecule has 0 saturated carbocycles. The Balaban J connectivity index is 1.93. The van der Waals surface area contributed by atoms with Crippen LogP contribution in [0, 0.1) is 0 Å². The summed E-state index contributed by atoms with van der Waals surface area (Å²) in [6, 6.07) is 10.2. The first kappa shape index (κ1) is 14.9. The largest absolute Gasteiger partial charge is 0.481 e. The Morgan fingerprint density at radius 2 is 2.10 bits per heavy atom. The van der Waals surface area contributed by atoms with Crippen molar-refractivity contribution in [3.05, 3.63) is 30.3 Å². The Kier molecular flexibility index (Phi) is 5.87. The van der Waals surface area contributed by atoms with Crippen LogP contribution in [0.15, 0.2) is 30.3 Å². The van der Waals surface area contributed by atoms with E-state index in [1.165, 1.54) is 6.42 Å². The summed E-state index contributed by atoms with van der Waals surface area (Å²) < 4.78 is 5.80. The molecule has 110 valence electrons. The van der Waals surface area contributed by atoms with Crippen molar-refractivity contribution >= 4 is 11.7 Å². The lowest BCUT2D eigenvalue weighted by molar-refractivity contribution is -0.137. The first-order valence-electron chi connectivity index (χ1n) is 7.39. The molecule has 0 aromatic heterocycles. The number of para-hydroxylation sites is 1. The Labute approximate surface area is 120 Å². The van der Waals surface area contributed by atoms with Gasteiger partial charge in [0.05, 0.1) is 6.10 Å². The fraction of sp³-hybridized carbons (Fsp3) is 0.562. The molecule has 1 N–H and O–H groups in total. The number of hydrogen-bond acceptors (Lipinski definition) is 3. The van der Waals surface area contributed by atoms with Crippen LogP contribution >= 0.6 is 0 Å². The maximum absolute atomic E-state index is 10.7. The molecule has 0 aliphatic carbocycles. The summed E-state index contributed by atoms with van der Waals surface area (Å²) in [7, 11) is 0. The fourth-order valence-electron chi connectivity index (χ4n) is 2.58. The summed E-state index contributed by atoms with van der Waals surface area (Å²) in [5.41, 5.74) is 1.15. The maximum atomic E-state index is 10.7. The van der Waals surface area contributed by atoms with Crippen LogP contribution in [0.4, 0.5) is 5.69 Å². The minimum Gasteiger partial charge on any atom is -0.481 e. The first-order valence-corrected chi connectivity index (χ1v) is 7.39. The van der Waals surface area contributed by atoms with Crippen LogP contribution in [-0.4, -0.2) is 36.9 Å². The van der Waals surface area contributed by atoms with E-state index in [-0.39, 0.29) is 12.5 Å². The van der Waals surface area contributed by atoms with E-state index in [9.17, 15) is 4.79 Å².